The van der Waals surface area contributed by atoms with Crippen molar-refractivity contribution >= 4 is 17.5 Å². The Morgan fingerprint density at radius 3 is 2.35 bits per heavy atom. The summed E-state index contributed by atoms with van der Waals surface area (Å²) < 4.78 is 44.1. The number of halogens is 3. The van der Waals surface area contributed by atoms with Gasteiger partial charge < -0.3 is 0 Å². The lowest BCUT2D eigenvalue weighted by Crippen LogP contribution is -2.13. The fraction of sp³-hybridized carbons (Fsp3) is 0.100. The average molecular weight is 258 g/mol. The Kier molecular flexibility index (Phi) is 2.93. The maximum Gasteiger partial charge on any atom is 0.436 e. The van der Waals surface area contributed by atoms with E-state index in [1.54, 1.807) is 18.2 Å². The first-order chi connectivity index (χ1) is 8.00. The molecule has 0 aliphatic carbocycles. The number of carbonyl (C=O) groups is 1. The number of hydrogen-bond donors (Lipinski definition) is 0. The first kappa shape index (κ1) is 11.7. The van der Waals surface area contributed by atoms with Crippen LogP contribution in [0.5, 0.6) is 0 Å². The third kappa shape index (κ3) is 2.33. The Morgan fingerprint density at radius 1 is 1.12 bits per heavy atom. The Bertz CT molecular complexity index is 536. The molecule has 0 fully saturated rings. The number of hydrogen-bond acceptors (Lipinski definition) is 4. The normalized spacial score (nSPS) is 11.5. The monoisotopic (exact) mass is 258 g/mol. The minimum atomic E-state index is -4.66. The molecule has 0 bridgehead atoms. The van der Waals surface area contributed by atoms with Crippen LogP contribution in [0.25, 0.3) is 0 Å². The highest BCUT2D eigenvalue weighted by Gasteiger charge is 2.39. The van der Waals surface area contributed by atoms with Crippen LogP contribution in [0.1, 0.15) is 21.7 Å². The van der Waals surface area contributed by atoms with E-state index in [1.165, 1.54) is 12.1 Å². The van der Waals surface area contributed by atoms with Gasteiger partial charge in [0.1, 0.15) is 0 Å². The van der Waals surface area contributed by atoms with Gasteiger partial charge >= 0.3 is 6.18 Å². The lowest BCUT2D eigenvalue weighted by Gasteiger charge is -2.04. The summed E-state index contributed by atoms with van der Waals surface area (Å²) in [5, 5.41) is 0. The van der Waals surface area contributed by atoms with Crippen molar-refractivity contribution in [2.24, 2.45) is 0 Å². The first-order valence-electron chi connectivity index (χ1n) is 4.49. The predicted molar refractivity (Wildman–Crippen MR) is 54.8 cm³/mol. The zero-order valence-electron chi connectivity index (χ0n) is 8.23. The van der Waals surface area contributed by atoms with Crippen molar-refractivity contribution in [1.82, 2.24) is 8.75 Å². The van der Waals surface area contributed by atoms with Crippen LogP contribution in [0.4, 0.5) is 13.2 Å². The maximum absolute atomic E-state index is 12.5. The molecule has 1 aromatic heterocycles. The SMILES string of the molecule is O=C(c1ccccc1)c1nsnc1C(F)(F)F. The average Bonchev–Trinajstić information content (AvgIpc) is 2.78. The molecule has 3 nitrogen and oxygen atoms in total. The van der Waals surface area contributed by atoms with Crippen LogP contribution in [0.2, 0.25) is 0 Å². The molecule has 1 aromatic carbocycles. The summed E-state index contributed by atoms with van der Waals surface area (Å²) in [4.78, 5) is 11.8. The lowest BCUT2D eigenvalue weighted by atomic mass is 10.1. The summed E-state index contributed by atoms with van der Waals surface area (Å²) in [6.45, 7) is 0. The minimum Gasteiger partial charge on any atom is -0.287 e. The molecule has 0 atom stereocenters. The molecule has 17 heavy (non-hydrogen) atoms. The summed E-state index contributed by atoms with van der Waals surface area (Å²) >= 11 is 0.375. The molecule has 0 amide bonds. The van der Waals surface area contributed by atoms with Gasteiger partial charge in [-0.3, -0.25) is 4.79 Å². The summed E-state index contributed by atoms with van der Waals surface area (Å²) in [7, 11) is 0. The van der Waals surface area contributed by atoms with E-state index in [9.17, 15) is 18.0 Å². The predicted octanol–water partition coefficient (Wildman–Crippen LogP) is 2.79. The van der Waals surface area contributed by atoms with Crippen LogP contribution in [-0.4, -0.2) is 14.5 Å². The molecule has 88 valence electrons. The lowest BCUT2D eigenvalue weighted by molar-refractivity contribution is -0.140. The van der Waals surface area contributed by atoms with Gasteiger partial charge in [0, 0.05) is 5.56 Å². The molecule has 0 aliphatic heterocycles. The Labute approximate surface area is 98.2 Å². The molecule has 0 unspecified atom stereocenters. The topological polar surface area (TPSA) is 42.9 Å². The molecular formula is C10H5F3N2OS. The zero-order chi connectivity index (χ0) is 12.5. The molecule has 2 rings (SSSR count). The molecule has 0 radical (unpaired) electrons. The van der Waals surface area contributed by atoms with Gasteiger partial charge in [-0.1, -0.05) is 30.3 Å². The van der Waals surface area contributed by atoms with Crippen molar-refractivity contribution in [3.8, 4) is 0 Å². The Balaban J connectivity index is 2.43. The second-order valence-corrected chi connectivity index (χ2v) is 3.68. The number of rotatable bonds is 2. The number of benzene rings is 1. The van der Waals surface area contributed by atoms with E-state index in [1.807, 2.05) is 0 Å². The van der Waals surface area contributed by atoms with Gasteiger partial charge in [-0.2, -0.15) is 21.9 Å². The van der Waals surface area contributed by atoms with Crippen LogP contribution < -0.4 is 0 Å². The van der Waals surface area contributed by atoms with E-state index in [-0.39, 0.29) is 5.56 Å². The highest BCUT2D eigenvalue weighted by atomic mass is 32.1. The molecule has 1 heterocycles. The van der Waals surface area contributed by atoms with Crippen molar-refractivity contribution in [1.29, 1.82) is 0 Å². The van der Waals surface area contributed by atoms with Gasteiger partial charge in [-0.05, 0) is 0 Å². The molecule has 0 saturated carbocycles. The van der Waals surface area contributed by atoms with Crippen molar-refractivity contribution in [2.75, 3.05) is 0 Å². The molecule has 0 spiro atoms. The third-order valence-corrected chi connectivity index (χ3v) is 2.54. The molecule has 0 saturated heterocycles. The van der Waals surface area contributed by atoms with E-state index in [2.05, 4.69) is 8.75 Å². The van der Waals surface area contributed by atoms with Gasteiger partial charge in [0.15, 0.2) is 11.4 Å². The fourth-order valence-corrected chi connectivity index (χ4v) is 1.81. The summed E-state index contributed by atoms with van der Waals surface area (Å²) in [6.07, 6.45) is -4.66. The van der Waals surface area contributed by atoms with E-state index >= 15 is 0 Å². The molecule has 0 N–H and O–H groups in total. The largest absolute Gasteiger partial charge is 0.436 e. The minimum absolute atomic E-state index is 0.158. The zero-order valence-corrected chi connectivity index (χ0v) is 9.05. The second-order valence-electron chi connectivity index (χ2n) is 3.15. The Hall–Kier alpha value is -1.76. The molecule has 2 aromatic rings. The van der Waals surface area contributed by atoms with Crippen LogP contribution in [-0.2, 0) is 6.18 Å². The summed E-state index contributed by atoms with van der Waals surface area (Å²) in [5.74, 6) is -0.772. The van der Waals surface area contributed by atoms with Crippen LogP contribution in [0.15, 0.2) is 30.3 Å². The number of carbonyl (C=O) groups excluding carboxylic acids is 1. The first-order valence-corrected chi connectivity index (χ1v) is 5.22. The number of ketones is 1. The fourth-order valence-electron chi connectivity index (χ4n) is 1.25. The van der Waals surface area contributed by atoms with E-state index in [0.29, 0.717) is 11.7 Å². The smallest absolute Gasteiger partial charge is 0.287 e. The van der Waals surface area contributed by atoms with Crippen molar-refractivity contribution < 1.29 is 18.0 Å². The summed E-state index contributed by atoms with van der Waals surface area (Å²) in [5.41, 5.74) is -1.71. The second kappa shape index (κ2) is 4.25. The highest BCUT2D eigenvalue weighted by Crippen LogP contribution is 2.31. The molecule has 7 heteroatoms. The van der Waals surface area contributed by atoms with Crippen molar-refractivity contribution in [3.63, 3.8) is 0 Å². The summed E-state index contributed by atoms with van der Waals surface area (Å²) in [6, 6.07) is 7.67. The number of alkyl halides is 3. The highest BCUT2D eigenvalue weighted by molar-refractivity contribution is 6.99. The van der Waals surface area contributed by atoms with E-state index < -0.39 is 23.3 Å². The quantitative estimate of drug-likeness (QED) is 0.778. The van der Waals surface area contributed by atoms with Crippen LogP contribution >= 0.6 is 11.7 Å². The van der Waals surface area contributed by atoms with Crippen molar-refractivity contribution in [2.45, 2.75) is 6.18 Å². The molecule has 0 aliphatic rings. The van der Waals surface area contributed by atoms with Gasteiger partial charge in [0.25, 0.3) is 0 Å². The van der Waals surface area contributed by atoms with Crippen molar-refractivity contribution in [3.05, 3.63) is 47.3 Å². The molecular weight excluding hydrogens is 253 g/mol. The van der Waals surface area contributed by atoms with E-state index in [4.69, 9.17) is 0 Å². The van der Waals surface area contributed by atoms with Crippen LogP contribution in [0, 0.1) is 0 Å². The van der Waals surface area contributed by atoms with Gasteiger partial charge in [-0.25, -0.2) is 0 Å². The Morgan fingerprint density at radius 2 is 1.76 bits per heavy atom. The van der Waals surface area contributed by atoms with Gasteiger partial charge in [0.2, 0.25) is 5.78 Å². The third-order valence-electron chi connectivity index (χ3n) is 2.01. The number of nitrogens with zero attached hydrogens (tertiary/aromatic N) is 2. The van der Waals surface area contributed by atoms with Crippen LogP contribution in [0.3, 0.4) is 0 Å². The van der Waals surface area contributed by atoms with Gasteiger partial charge in [0.05, 0.1) is 11.7 Å². The number of aromatic nitrogens is 2. The van der Waals surface area contributed by atoms with Gasteiger partial charge in [-0.15, -0.1) is 0 Å². The van der Waals surface area contributed by atoms with E-state index in [0.717, 1.165) is 0 Å². The standard InChI is InChI=1S/C10H5F3N2OS/c11-10(12,13)9-7(14-17-15-9)8(16)6-4-2-1-3-5-6/h1-5H. The maximum atomic E-state index is 12.5.